The molecule has 0 bridgehead atoms. The molecule has 0 radical (unpaired) electrons. The van der Waals surface area contributed by atoms with E-state index in [2.05, 4.69) is 5.32 Å². The highest BCUT2D eigenvalue weighted by Crippen LogP contribution is 2.00. The van der Waals surface area contributed by atoms with E-state index >= 15 is 0 Å². The molecule has 0 spiro atoms. The summed E-state index contributed by atoms with van der Waals surface area (Å²) >= 11 is 0. The fourth-order valence-electron chi connectivity index (χ4n) is 1.15. The normalized spacial score (nSPS) is 10.9. The lowest BCUT2D eigenvalue weighted by Crippen LogP contribution is -2.44. The molecular formula is C12H25N3O4. The van der Waals surface area contributed by atoms with Crippen molar-refractivity contribution in [3.8, 4) is 0 Å². The van der Waals surface area contributed by atoms with Gasteiger partial charge in [-0.05, 0) is 39.7 Å². The molecule has 0 heterocycles. The number of hydrogen-bond acceptors (Lipinski definition) is 5. The minimum atomic E-state index is -0.657. The Morgan fingerprint density at radius 2 is 1.74 bits per heavy atom. The molecule has 0 aliphatic rings. The molecule has 0 saturated carbocycles. The Morgan fingerprint density at radius 3 is 2.11 bits per heavy atom. The standard InChI is InChI=1S/C9H19N3O3.C3H6O/c10-5-2-1-3-7(9(11)15)12-8(14)4-6-13;1-3(2)4/h7,13H,1-6,10H2,(H2,11,15)(H,12,14);1-2H3/t7-;/m0./s1. The zero-order valence-electron chi connectivity index (χ0n) is 11.6. The molecule has 0 aliphatic carbocycles. The van der Waals surface area contributed by atoms with Crippen LogP contribution in [-0.4, -0.2) is 41.9 Å². The first kappa shape index (κ1) is 19.9. The maximum absolute atomic E-state index is 11.1. The van der Waals surface area contributed by atoms with Crippen molar-refractivity contribution in [2.75, 3.05) is 13.2 Å². The number of ketones is 1. The van der Waals surface area contributed by atoms with Crippen LogP contribution in [0.25, 0.3) is 0 Å². The van der Waals surface area contributed by atoms with Crippen LogP contribution in [0.1, 0.15) is 39.5 Å². The van der Waals surface area contributed by atoms with Gasteiger partial charge in [0.15, 0.2) is 0 Å². The average molecular weight is 275 g/mol. The van der Waals surface area contributed by atoms with Gasteiger partial charge in [-0.1, -0.05) is 0 Å². The van der Waals surface area contributed by atoms with Gasteiger partial charge in [-0.15, -0.1) is 0 Å². The first-order valence-corrected chi connectivity index (χ1v) is 6.21. The lowest BCUT2D eigenvalue weighted by atomic mass is 10.1. The summed E-state index contributed by atoms with van der Waals surface area (Å²) in [5.74, 6) is -0.757. The van der Waals surface area contributed by atoms with Gasteiger partial charge in [0.25, 0.3) is 0 Å². The highest BCUT2D eigenvalue weighted by molar-refractivity contribution is 5.86. The van der Waals surface area contributed by atoms with Crippen LogP contribution in [0, 0.1) is 0 Å². The van der Waals surface area contributed by atoms with Gasteiger partial charge in [-0.25, -0.2) is 0 Å². The first-order chi connectivity index (χ1) is 8.84. The topological polar surface area (TPSA) is 136 Å². The van der Waals surface area contributed by atoms with Gasteiger partial charge < -0.3 is 26.7 Å². The Bertz CT molecular complexity index is 278. The number of unbranched alkanes of at least 4 members (excludes halogenated alkanes) is 1. The van der Waals surface area contributed by atoms with Crippen molar-refractivity contribution in [1.29, 1.82) is 0 Å². The largest absolute Gasteiger partial charge is 0.396 e. The summed E-state index contributed by atoms with van der Waals surface area (Å²) in [6, 6.07) is -0.657. The number of primary amides is 1. The second-order valence-corrected chi connectivity index (χ2v) is 4.19. The number of nitrogens with two attached hydrogens (primary N) is 2. The highest BCUT2D eigenvalue weighted by atomic mass is 16.3. The molecule has 0 aromatic heterocycles. The van der Waals surface area contributed by atoms with Crippen LogP contribution in [0.5, 0.6) is 0 Å². The van der Waals surface area contributed by atoms with Gasteiger partial charge in [-0.2, -0.15) is 0 Å². The Labute approximate surface area is 113 Å². The zero-order valence-corrected chi connectivity index (χ0v) is 11.6. The van der Waals surface area contributed by atoms with Crippen molar-refractivity contribution in [3.05, 3.63) is 0 Å². The maximum atomic E-state index is 11.1. The van der Waals surface area contributed by atoms with E-state index < -0.39 is 11.9 Å². The van der Waals surface area contributed by atoms with Gasteiger partial charge in [0.05, 0.1) is 6.61 Å². The van der Waals surface area contributed by atoms with E-state index in [0.29, 0.717) is 13.0 Å². The summed E-state index contributed by atoms with van der Waals surface area (Å²) in [5, 5.41) is 11.0. The van der Waals surface area contributed by atoms with E-state index in [4.69, 9.17) is 16.6 Å². The smallest absolute Gasteiger partial charge is 0.239 e. The van der Waals surface area contributed by atoms with Crippen molar-refractivity contribution in [2.45, 2.75) is 45.6 Å². The maximum Gasteiger partial charge on any atom is 0.239 e. The number of amides is 2. The number of carbonyl (C=O) groups is 3. The molecule has 112 valence electrons. The van der Waals surface area contributed by atoms with Crippen LogP contribution < -0.4 is 16.8 Å². The lowest BCUT2D eigenvalue weighted by Gasteiger charge is -2.14. The molecule has 7 heteroatoms. The fraction of sp³-hybridized carbons (Fsp3) is 0.750. The van der Waals surface area contributed by atoms with Crippen molar-refractivity contribution in [3.63, 3.8) is 0 Å². The Balaban J connectivity index is 0. The highest BCUT2D eigenvalue weighted by Gasteiger charge is 2.16. The molecule has 0 aromatic rings. The molecule has 19 heavy (non-hydrogen) atoms. The Morgan fingerprint density at radius 1 is 1.21 bits per heavy atom. The van der Waals surface area contributed by atoms with E-state index in [1.807, 2.05) is 0 Å². The lowest BCUT2D eigenvalue weighted by molar-refractivity contribution is -0.127. The van der Waals surface area contributed by atoms with Gasteiger partial charge in [0, 0.05) is 6.42 Å². The number of carbonyl (C=O) groups excluding carboxylic acids is 3. The third kappa shape index (κ3) is 16.5. The predicted octanol–water partition coefficient (Wildman–Crippen LogP) is -0.937. The number of Topliss-reactive ketones (excluding diaryl/α,β-unsaturated/α-hetero) is 1. The summed E-state index contributed by atoms with van der Waals surface area (Å²) < 4.78 is 0. The average Bonchev–Trinajstić information content (AvgIpc) is 2.27. The Kier molecular flexibility index (Phi) is 13.6. The van der Waals surface area contributed by atoms with Gasteiger partial charge >= 0.3 is 0 Å². The molecule has 0 rings (SSSR count). The van der Waals surface area contributed by atoms with E-state index in [1.54, 1.807) is 0 Å². The van der Waals surface area contributed by atoms with Crippen molar-refractivity contribution >= 4 is 17.6 Å². The van der Waals surface area contributed by atoms with E-state index in [1.165, 1.54) is 13.8 Å². The summed E-state index contributed by atoms with van der Waals surface area (Å²) in [6.45, 7) is 3.37. The first-order valence-electron chi connectivity index (χ1n) is 6.21. The quantitative estimate of drug-likeness (QED) is 0.424. The van der Waals surface area contributed by atoms with E-state index in [0.717, 1.165) is 12.8 Å². The fourth-order valence-corrected chi connectivity index (χ4v) is 1.15. The SMILES string of the molecule is CC(C)=O.NCCCC[C@H](NC(=O)CCO)C(N)=O. The molecule has 0 saturated heterocycles. The predicted molar refractivity (Wildman–Crippen MR) is 72.1 cm³/mol. The van der Waals surface area contributed by atoms with Gasteiger partial charge in [-0.3, -0.25) is 9.59 Å². The zero-order chi connectivity index (χ0) is 15.3. The van der Waals surface area contributed by atoms with Crippen molar-refractivity contribution in [1.82, 2.24) is 5.32 Å². The third-order valence-corrected chi connectivity index (χ3v) is 1.96. The molecule has 2 amide bonds. The number of nitrogens with one attached hydrogen (secondary N) is 1. The molecule has 7 nitrogen and oxygen atoms in total. The van der Waals surface area contributed by atoms with Crippen LogP contribution >= 0.6 is 0 Å². The van der Waals surface area contributed by atoms with E-state index in [9.17, 15) is 14.4 Å². The number of rotatable bonds is 8. The van der Waals surface area contributed by atoms with Crippen LogP contribution in [0.15, 0.2) is 0 Å². The molecule has 1 atom stereocenters. The van der Waals surface area contributed by atoms with Crippen LogP contribution in [0.3, 0.4) is 0 Å². The summed E-state index contributed by atoms with van der Waals surface area (Å²) in [7, 11) is 0. The minimum Gasteiger partial charge on any atom is -0.396 e. The molecule has 0 fully saturated rings. The van der Waals surface area contributed by atoms with Gasteiger partial charge in [0.2, 0.25) is 11.8 Å². The molecular weight excluding hydrogens is 250 g/mol. The summed E-state index contributed by atoms with van der Waals surface area (Å²) in [4.78, 5) is 31.5. The van der Waals surface area contributed by atoms with Crippen LogP contribution in [0.4, 0.5) is 0 Å². The second kappa shape index (κ2) is 13.0. The Hall–Kier alpha value is -1.47. The minimum absolute atomic E-state index is 0.0132. The number of aliphatic hydroxyl groups is 1. The molecule has 0 aromatic carbocycles. The van der Waals surface area contributed by atoms with Gasteiger partial charge in [0.1, 0.15) is 11.8 Å². The molecule has 6 N–H and O–H groups in total. The van der Waals surface area contributed by atoms with Crippen LogP contribution in [-0.2, 0) is 14.4 Å². The summed E-state index contributed by atoms with van der Waals surface area (Å²) in [6.07, 6.45) is 2.01. The van der Waals surface area contributed by atoms with Crippen LogP contribution in [0.2, 0.25) is 0 Å². The van der Waals surface area contributed by atoms with Crippen molar-refractivity contribution in [2.24, 2.45) is 11.5 Å². The monoisotopic (exact) mass is 275 g/mol. The molecule has 0 unspecified atom stereocenters. The number of hydrogen-bond donors (Lipinski definition) is 4. The summed E-state index contributed by atoms with van der Waals surface area (Å²) in [5.41, 5.74) is 10.4. The van der Waals surface area contributed by atoms with E-state index in [-0.39, 0.29) is 24.7 Å². The van der Waals surface area contributed by atoms with Crippen molar-refractivity contribution < 1.29 is 19.5 Å². The second-order valence-electron chi connectivity index (χ2n) is 4.19. The third-order valence-electron chi connectivity index (χ3n) is 1.96. The number of aliphatic hydroxyl groups excluding tert-OH is 1. The molecule has 0 aliphatic heterocycles.